The molecular formula is C56H62N2O11. The number of carbonyl (C=O) groups is 3. The zero-order valence-corrected chi connectivity index (χ0v) is 39.8. The number of hydrogen-bond acceptors (Lipinski definition) is 11. The second-order valence-electron chi connectivity index (χ2n) is 15.5. The number of methoxy groups -OCH3 is 4. The first-order chi connectivity index (χ1) is 33.3. The minimum atomic E-state index is -1.07. The minimum Gasteiger partial charge on any atom is -0.496 e. The van der Waals surface area contributed by atoms with Crippen LogP contribution in [0.3, 0.4) is 0 Å². The highest BCUT2D eigenvalue weighted by Gasteiger charge is 2.19. The van der Waals surface area contributed by atoms with Gasteiger partial charge in [-0.25, -0.2) is 0 Å². The van der Waals surface area contributed by atoms with Crippen LogP contribution in [0.15, 0.2) is 121 Å². The molecule has 0 aromatic heterocycles. The maximum absolute atomic E-state index is 11.4. The number of nitrogens with one attached hydrogen (secondary N) is 1. The van der Waals surface area contributed by atoms with Gasteiger partial charge >= 0.3 is 11.9 Å². The number of ether oxygens (including phenoxy) is 4. The lowest BCUT2D eigenvalue weighted by Crippen LogP contribution is -2.37. The van der Waals surface area contributed by atoms with Crippen LogP contribution in [0, 0.1) is 13.8 Å². The summed E-state index contributed by atoms with van der Waals surface area (Å²) in [5, 5.41) is 37.6. The Morgan fingerprint density at radius 2 is 1.00 bits per heavy atom. The van der Waals surface area contributed by atoms with E-state index < -0.39 is 24.0 Å². The number of aliphatic hydroxyl groups is 2. The smallest absolute Gasteiger partial charge is 0.320 e. The van der Waals surface area contributed by atoms with Crippen LogP contribution in [0.2, 0.25) is 0 Å². The minimum absolute atomic E-state index is 0.113. The Bertz CT molecular complexity index is 2620. The van der Waals surface area contributed by atoms with Gasteiger partial charge in [-0.3, -0.25) is 19.7 Å². The number of carboxylic acid groups (broad SMARTS) is 2. The molecule has 0 saturated heterocycles. The summed E-state index contributed by atoms with van der Waals surface area (Å²) in [6, 6.07) is 38.9. The van der Waals surface area contributed by atoms with E-state index >= 15 is 0 Å². The molecule has 0 heterocycles. The van der Waals surface area contributed by atoms with Gasteiger partial charge in [-0.2, -0.15) is 0 Å². The highest BCUT2D eigenvalue weighted by molar-refractivity contribution is 5.86. The molecule has 0 aliphatic rings. The first-order valence-corrected chi connectivity index (χ1v) is 22.1. The number of hydrogen-bond donors (Lipinski definition) is 6. The van der Waals surface area contributed by atoms with Gasteiger partial charge in [-0.05, 0) is 107 Å². The van der Waals surface area contributed by atoms with Crippen molar-refractivity contribution in [1.29, 1.82) is 0 Å². The molecule has 0 amide bonds. The molecule has 13 heteroatoms. The van der Waals surface area contributed by atoms with E-state index in [-0.39, 0.29) is 32.6 Å². The summed E-state index contributed by atoms with van der Waals surface area (Å²) in [5.41, 5.74) is 17.3. The van der Waals surface area contributed by atoms with Gasteiger partial charge in [0.2, 0.25) is 0 Å². The number of nitrogens with two attached hydrogens (primary N) is 1. The number of aliphatic hydroxyl groups excluding tert-OH is 2. The van der Waals surface area contributed by atoms with Crippen molar-refractivity contribution >= 4 is 42.5 Å². The average Bonchev–Trinajstić information content (AvgIpc) is 3.37. The third-order valence-electron chi connectivity index (χ3n) is 11.1. The van der Waals surface area contributed by atoms with Crippen molar-refractivity contribution in [2.75, 3.05) is 41.7 Å². The molecule has 0 saturated carbocycles. The Kier molecular flexibility index (Phi) is 21.9. The van der Waals surface area contributed by atoms with E-state index in [1.807, 2.05) is 72.8 Å². The Morgan fingerprint density at radius 3 is 1.35 bits per heavy atom. The first-order valence-electron chi connectivity index (χ1n) is 22.1. The Morgan fingerprint density at radius 1 is 0.580 bits per heavy atom. The molecule has 7 N–H and O–H groups in total. The number of carbonyl (C=O) groups excluding carboxylic acids is 1. The fourth-order valence-corrected chi connectivity index (χ4v) is 7.28. The van der Waals surface area contributed by atoms with Crippen molar-refractivity contribution < 1.29 is 53.8 Å². The van der Waals surface area contributed by atoms with Gasteiger partial charge in [0.05, 0.1) is 34.0 Å². The summed E-state index contributed by atoms with van der Waals surface area (Å²) >= 11 is 0. The average molecular weight is 939 g/mol. The number of aldehydes is 1. The van der Waals surface area contributed by atoms with Crippen LogP contribution in [-0.4, -0.2) is 92.4 Å². The Labute approximate surface area is 404 Å². The van der Waals surface area contributed by atoms with Gasteiger partial charge in [0, 0.05) is 25.3 Å². The number of rotatable bonds is 20. The first kappa shape index (κ1) is 54.1. The van der Waals surface area contributed by atoms with Gasteiger partial charge < -0.3 is 45.1 Å². The third kappa shape index (κ3) is 15.5. The van der Waals surface area contributed by atoms with E-state index in [9.17, 15) is 19.5 Å². The van der Waals surface area contributed by atoms with Gasteiger partial charge in [0.15, 0.2) is 6.29 Å². The van der Waals surface area contributed by atoms with E-state index in [0.29, 0.717) is 34.1 Å². The summed E-state index contributed by atoms with van der Waals surface area (Å²) < 4.78 is 21.8. The summed E-state index contributed by atoms with van der Waals surface area (Å²) in [6.07, 6.45) is 9.12. The fraction of sp³-hybridized carbons (Fsp3) is 0.232. The molecular weight excluding hydrogens is 877 g/mol. The zero-order chi connectivity index (χ0) is 50.3. The predicted molar refractivity (Wildman–Crippen MR) is 273 cm³/mol. The fourth-order valence-electron chi connectivity index (χ4n) is 7.28. The summed E-state index contributed by atoms with van der Waals surface area (Å²) in [6.45, 7) is 4.08. The van der Waals surface area contributed by atoms with Crippen LogP contribution >= 0.6 is 0 Å². The normalized spacial score (nSPS) is 11.7. The van der Waals surface area contributed by atoms with Crippen molar-refractivity contribution in [3.8, 4) is 45.3 Å². The maximum Gasteiger partial charge on any atom is 0.320 e. The molecule has 2 atom stereocenters. The number of benzene rings is 6. The van der Waals surface area contributed by atoms with Crippen LogP contribution < -0.4 is 30.0 Å². The van der Waals surface area contributed by atoms with Crippen LogP contribution in [0.25, 0.3) is 46.6 Å². The predicted octanol–water partition coefficient (Wildman–Crippen LogP) is 9.22. The van der Waals surface area contributed by atoms with E-state index in [2.05, 4.69) is 92.0 Å². The molecule has 69 heavy (non-hydrogen) atoms. The van der Waals surface area contributed by atoms with Gasteiger partial charge in [-0.1, -0.05) is 121 Å². The number of aliphatic carboxylic acids is 2. The van der Waals surface area contributed by atoms with Crippen molar-refractivity contribution in [3.05, 3.63) is 166 Å². The SMILES string of the molecule is COc1cc(/C=C/c2cccc(-c3ccccc3)c2C)cc(OC)c1C=O.COc1cc(/C=C/c2cccc(-c3ccccc3)c2C)cc(OC)c1CNC(CCO)C(=O)O.NC(CCO)C(=O)O. The standard InChI is InChI=1S/C28H31NO5.C24H22O3.C4H9NO3/c1-19-21(10-7-11-23(19)22-8-5-4-6-9-22)13-12-20-16-26(33-2)24(27(17-20)34-3)18-29-25(14-15-30)28(31)32;1-17-19(10-7-11-21(17)20-8-5-4-6-9-20)13-12-18-14-23(26-2)22(16-25)24(15-18)27-3;5-3(1-2-6)4(7)8/h4-13,16-17,25,29-30H,14-15,18H2,1-3H3,(H,31,32);4-16H,1-3H3;3,6H,1-2,5H2,(H,7,8)/b2*13-12+;. The van der Waals surface area contributed by atoms with Crippen LogP contribution in [0.5, 0.6) is 23.0 Å². The molecule has 6 rings (SSSR count). The molecule has 6 aromatic carbocycles. The maximum atomic E-state index is 11.4. The second-order valence-corrected chi connectivity index (χ2v) is 15.5. The molecule has 13 nitrogen and oxygen atoms in total. The van der Waals surface area contributed by atoms with Crippen LogP contribution in [0.4, 0.5) is 0 Å². The zero-order valence-electron chi connectivity index (χ0n) is 39.8. The molecule has 362 valence electrons. The van der Waals surface area contributed by atoms with E-state index in [0.717, 1.165) is 28.5 Å². The Hall–Kier alpha value is -7.55. The monoisotopic (exact) mass is 938 g/mol. The molecule has 0 aliphatic carbocycles. The highest BCUT2D eigenvalue weighted by atomic mass is 16.5. The van der Waals surface area contributed by atoms with E-state index in [4.69, 9.17) is 40.0 Å². The molecule has 6 aromatic rings. The summed E-state index contributed by atoms with van der Waals surface area (Å²) in [5.74, 6) is 0.0972. The van der Waals surface area contributed by atoms with Crippen LogP contribution in [-0.2, 0) is 16.1 Å². The highest BCUT2D eigenvalue weighted by Crippen LogP contribution is 2.34. The lowest BCUT2D eigenvalue weighted by Gasteiger charge is -2.18. The Balaban J connectivity index is 0.000000264. The quantitative estimate of drug-likeness (QED) is 0.0312. The van der Waals surface area contributed by atoms with Gasteiger partial charge in [0.1, 0.15) is 35.1 Å². The molecule has 0 bridgehead atoms. The largest absolute Gasteiger partial charge is 0.496 e. The lowest BCUT2D eigenvalue weighted by molar-refractivity contribution is -0.140. The molecule has 2 unspecified atom stereocenters. The van der Waals surface area contributed by atoms with Crippen LogP contribution in [0.1, 0.15) is 62.1 Å². The van der Waals surface area contributed by atoms with E-state index in [1.54, 1.807) is 28.4 Å². The van der Waals surface area contributed by atoms with Crippen molar-refractivity contribution in [2.45, 2.75) is 45.3 Å². The van der Waals surface area contributed by atoms with E-state index in [1.165, 1.54) is 33.4 Å². The summed E-state index contributed by atoms with van der Waals surface area (Å²) in [7, 11) is 6.23. The van der Waals surface area contributed by atoms with Gasteiger partial charge in [-0.15, -0.1) is 0 Å². The summed E-state index contributed by atoms with van der Waals surface area (Å²) in [4.78, 5) is 32.5. The topological polar surface area (TPSA) is 207 Å². The molecule has 0 radical (unpaired) electrons. The molecule has 0 aliphatic heterocycles. The molecule has 0 fully saturated rings. The van der Waals surface area contributed by atoms with Gasteiger partial charge in [0.25, 0.3) is 0 Å². The lowest BCUT2D eigenvalue weighted by atomic mass is 9.96. The van der Waals surface area contributed by atoms with Crippen molar-refractivity contribution in [2.24, 2.45) is 5.73 Å². The number of carboxylic acids is 2. The third-order valence-corrected chi connectivity index (χ3v) is 11.1. The second kappa shape index (κ2) is 27.9. The molecule has 0 spiro atoms. The van der Waals surface area contributed by atoms with Crippen molar-refractivity contribution in [1.82, 2.24) is 5.32 Å². The van der Waals surface area contributed by atoms with Crippen molar-refractivity contribution in [3.63, 3.8) is 0 Å².